The highest BCUT2D eigenvalue weighted by atomic mass is 35.5. The van der Waals surface area contributed by atoms with Gasteiger partial charge in [-0.2, -0.15) is 0 Å². The van der Waals surface area contributed by atoms with Crippen LogP contribution in [0.25, 0.3) is 0 Å². The Hall–Kier alpha value is -1.91. The summed E-state index contributed by atoms with van der Waals surface area (Å²) in [7, 11) is 0. The zero-order chi connectivity index (χ0) is 15.2. The lowest BCUT2D eigenvalue weighted by atomic mass is 10.3. The highest BCUT2D eigenvalue weighted by molar-refractivity contribution is 6.35. The Kier molecular flexibility index (Phi) is 5.31. The van der Waals surface area contributed by atoms with Crippen LogP contribution in [-0.4, -0.2) is 12.6 Å². The lowest BCUT2D eigenvalue weighted by Crippen LogP contribution is -2.20. The maximum absolute atomic E-state index is 12.0. The smallest absolute Gasteiger partial charge is 0.323 e. The van der Waals surface area contributed by atoms with Gasteiger partial charge < -0.3 is 15.4 Å². The molecule has 0 saturated carbocycles. The molecule has 0 unspecified atom stereocenters. The van der Waals surface area contributed by atoms with E-state index >= 15 is 0 Å². The normalized spacial score (nSPS) is 10.0. The Morgan fingerprint density at radius 3 is 2.57 bits per heavy atom. The van der Waals surface area contributed by atoms with E-state index in [1.54, 1.807) is 30.3 Å². The quantitative estimate of drug-likeness (QED) is 0.828. The van der Waals surface area contributed by atoms with E-state index in [0.29, 0.717) is 33.8 Å². The zero-order valence-corrected chi connectivity index (χ0v) is 12.8. The van der Waals surface area contributed by atoms with Gasteiger partial charge in [0.1, 0.15) is 5.75 Å². The number of para-hydroxylation sites is 2. The van der Waals surface area contributed by atoms with Crippen LogP contribution in [0, 0.1) is 0 Å². The summed E-state index contributed by atoms with van der Waals surface area (Å²) in [4.78, 5) is 12.0. The molecular weight excluding hydrogens is 311 g/mol. The molecule has 0 aliphatic rings. The minimum atomic E-state index is -0.425. The van der Waals surface area contributed by atoms with Crippen molar-refractivity contribution in [1.29, 1.82) is 0 Å². The van der Waals surface area contributed by atoms with Gasteiger partial charge in [0.2, 0.25) is 0 Å². The van der Waals surface area contributed by atoms with Crippen molar-refractivity contribution < 1.29 is 9.53 Å². The molecule has 2 rings (SSSR count). The lowest BCUT2D eigenvalue weighted by Gasteiger charge is -2.12. The van der Waals surface area contributed by atoms with E-state index in [0.717, 1.165) is 0 Å². The van der Waals surface area contributed by atoms with Crippen molar-refractivity contribution in [3.05, 3.63) is 52.5 Å². The molecule has 0 spiro atoms. The number of ether oxygens (including phenoxy) is 1. The van der Waals surface area contributed by atoms with E-state index in [4.69, 9.17) is 27.9 Å². The van der Waals surface area contributed by atoms with Gasteiger partial charge in [-0.05, 0) is 37.3 Å². The Morgan fingerprint density at radius 2 is 1.81 bits per heavy atom. The number of rotatable bonds is 4. The molecule has 2 amide bonds. The minimum Gasteiger partial charge on any atom is -0.492 e. The summed E-state index contributed by atoms with van der Waals surface area (Å²) in [5, 5.41) is 6.26. The molecule has 0 aromatic heterocycles. The first kappa shape index (κ1) is 15.5. The van der Waals surface area contributed by atoms with E-state index in [-0.39, 0.29) is 0 Å². The van der Waals surface area contributed by atoms with Gasteiger partial charge in [-0.3, -0.25) is 0 Å². The van der Waals surface area contributed by atoms with Crippen LogP contribution in [0.15, 0.2) is 42.5 Å². The maximum atomic E-state index is 12.0. The molecule has 0 radical (unpaired) electrons. The second-order valence-electron chi connectivity index (χ2n) is 4.13. The molecule has 0 aliphatic heterocycles. The van der Waals surface area contributed by atoms with E-state index < -0.39 is 6.03 Å². The molecule has 0 aliphatic carbocycles. The number of carbonyl (C=O) groups excluding carboxylic acids is 1. The highest BCUT2D eigenvalue weighted by Gasteiger charge is 2.09. The third kappa shape index (κ3) is 4.28. The molecule has 0 fully saturated rings. The summed E-state index contributed by atoms with van der Waals surface area (Å²) < 4.78 is 5.44. The largest absolute Gasteiger partial charge is 0.492 e. The monoisotopic (exact) mass is 324 g/mol. The van der Waals surface area contributed by atoms with Crippen molar-refractivity contribution in [3.8, 4) is 5.75 Å². The third-order valence-electron chi connectivity index (χ3n) is 2.61. The number of urea groups is 1. The maximum Gasteiger partial charge on any atom is 0.323 e. The van der Waals surface area contributed by atoms with Gasteiger partial charge >= 0.3 is 6.03 Å². The summed E-state index contributed by atoms with van der Waals surface area (Å²) in [5.74, 6) is 0.604. The number of carbonyl (C=O) groups is 1. The van der Waals surface area contributed by atoms with Gasteiger partial charge in [0.05, 0.1) is 23.0 Å². The predicted molar refractivity (Wildman–Crippen MR) is 86.7 cm³/mol. The number of halogens is 2. The van der Waals surface area contributed by atoms with Crippen LogP contribution in [0.4, 0.5) is 16.2 Å². The molecule has 0 atom stereocenters. The van der Waals surface area contributed by atoms with Gasteiger partial charge in [0.15, 0.2) is 0 Å². The average Bonchev–Trinajstić information content (AvgIpc) is 2.45. The molecule has 110 valence electrons. The van der Waals surface area contributed by atoms with Gasteiger partial charge in [0, 0.05) is 5.02 Å². The number of nitrogens with one attached hydrogen (secondary N) is 2. The molecule has 2 aromatic rings. The van der Waals surface area contributed by atoms with Crippen molar-refractivity contribution in [1.82, 2.24) is 0 Å². The molecule has 2 aromatic carbocycles. The minimum absolute atomic E-state index is 0.410. The van der Waals surface area contributed by atoms with E-state index in [1.165, 1.54) is 0 Å². The van der Waals surface area contributed by atoms with Gasteiger partial charge in [-0.15, -0.1) is 0 Å². The van der Waals surface area contributed by atoms with E-state index in [9.17, 15) is 4.79 Å². The molecule has 0 saturated heterocycles. The first-order valence-corrected chi connectivity index (χ1v) is 7.10. The predicted octanol–water partition coefficient (Wildman–Crippen LogP) is 5.04. The molecule has 2 N–H and O–H groups in total. The first-order valence-electron chi connectivity index (χ1n) is 6.35. The van der Waals surface area contributed by atoms with Gasteiger partial charge in [0.25, 0.3) is 0 Å². The van der Waals surface area contributed by atoms with Crippen LogP contribution in [0.3, 0.4) is 0 Å². The molecule has 0 bridgehead atoms. The second-order valence-corrected chi connectivity index (χ2v) is 4.98. The Morgan fingerprint density at radius 1 is 1.10 bits per heavy atom. The zero-order valence-electron chi connectivity index (χ0n) is 11.3. The number of hydrogen-bond acceptors (Lipinski definition) is 2. The highest BCUT2D eigenvalue weighted by Crippen LogP contribution is 2.27. The fraction of sp³-hybridized carbons (Fsp3) is 0.133. The van der Waals surface area contributed by atoms with Crippen LogP contribution < -0.4 is 15.4 Å². The van der Waals surface area contributed by atoms with Gasteiger partial charge in [-0.25, -0.2) is 4.79 Å². The average molecular weight is 325 g/mol. The Labute approximate surface area is 133 Å². The summed E-state index contributed by atoms with van der Waals surface area (Å²) in [6.07, 6.45) is 0. The summed E-state index contributed by atoms with van der Waals surface area (Å²) >= 11 is 11.9. The van der Waals surface area contributed by atoms with E-state index in [1.807, 2.05) is 19.1 Å². The van der Waals surface area contributed by atoms with Crippen LogP contribution in [0.2, 0.25) is 10.0 Å². The molecule has 21 heavy (non-hydrogen) atoms. The number of anilines is 2. The van der Waals surface area contributed by atoms with Crippen molar-refractivity contribution in [2.45, 2.75) is 6.92 Å². The Balaban J connectivity index is 2.10. The fourth-order valence-electron chi connectivity index (χ4n) is 1.72. The van der Waals surface area contributed by atoms with Crippen molar-refractivity contribution >= 4 is 40.6 Å². The van der Waals surface area contributed by atoms with Crippen LogP contribution in [-0.2, 0) is 0 Å². The molecule has 6 heteroatoms. The topological polar surface area (TPSA) is 50.4 Å². The summed E-state index contributed by atoms with van der Waals surface area (Å²) in [5.41, 5.74) is 1.02. The standard InChI is InChI=1S/C15H14Cl2N2O2/c1-2-21-14-6-4-3-5-12(14)18-15(20)19-13-9-10(16)7-8-11(13)17/h3-9H,2H2,1H3,(H2,18,19,20). The number of amides is 2. The first-order chi connectivity index (χ1) is 10.1. The van der Waals surface area contributed by atoms with Crippen LogP contribution in [0.5, 0.6) is 5.75 Å². The molecule has 4 nitrogen and oxygen atoms in total. The number of benzene rings is 2. The van der Waals surface area contributed by atoms with E-state index in [2.05, 4.69) is 10.6 Å². The summed E-state index contributed by atoms with van der Waals surface area (Å²) in [6.45, 7) is 2.39. The fourth-order valence-corrected chi connectivity index (χ4v) is 2.06. The van der Waals surface area contributed by atoms with Crippen LogP contribution >= 0.6 is 23.2 Å². The van der Waals surface area contributed by atoms with Crippen molar-refractivity contribution in [2.75, 3.05) is 17.2 Å². The molecule has 0 heterocycles. The third-order valence-corrected chi connectivity index (χ3v) is 3.18. The second kappa shape index (κ2) is 7.20. The summed E-state index contributed by atoms with van der Waals surface area (Å²) in [6, 6.07) is 11.6. The molecular formula is C15H14Cl2N2O2. The lowest BCUT2D eigenvalue weighted by molar-refractivity contribution is 0.262. The van der Waals surface area contributed by atoms with Crippen LogP contribution in [0.1, 0.15) is 6.92 Å². The van der Waals surface area contributed by atoms with Crippen molar-refractivity contribution in [3.63, 3.8) is 0 Å². The number of hydrogen-bond donors (Lipinski definition) is 2. The Bertz CT molecular complexity index is 647. The van der Waals surface area contributed by atoms with Gasteiger partial charge in [-0.1, -0.05) is 35.3 Å². The SMILES string of the molecule is CCOc1ccccc1NC(=O)Nc1cc(Cl)ccc1Cl. The van der Waals surface area contributed by atoms with Crippen molar-refractivity contribution in [2.24, 2.45) is 0 Å².